The lowest BCUT2D eigenvalue weighted by Gasteiger charge is -2.62. The van der Waals surface area contributed by atoms with Crippen molar-refractivity contribution in [2.24, 2.45) is 80.8 Å². The number of Topliss-reactive ketones (excluding diaryl/α,β-unsaturated/α-hetero) is 1. The Morgan fingerprint density at radius 3 is 1.07 bits per heavy atom. The molecule has 16 atom stereocenters. The first-order valence-electron chi connectivity index (χ1n) is 40.5. The van der Waals surface area contributed by atoms with Gasteiger partial charge in [0.05, 0.1) is 45.7 Å². The average Bonchev–Trinajstić information content (AvgIpc) is 1.32. The van der Waals surface area contributed by atoms with E-state index in [9.17, 15) is 19.8 Å². The molecule has 8 aliphatic rings. The molecule has 8 aliphatic carbocycles. The lowest BCUT2D eigenvalue weighted by atomic mass is 8.27. The molecule has 10 rings (SSSR count). The second-order valence-electron chi connectivity index (χ2n) is 36.1. The summed E-state index contributed by atoms with van der Waals surface area (Å²) in [6, 6.07) is 15.4. The molecule has 0 bridgehead atoms. The van der Waals surface area contributed by atoms with E-state index in [0.717, 1.165) is 105 Å². The number of nitrogens with zero attached hydrogens (tertiary/aromatic N) is 1. The topological polar surface area (TPSA) is 124 Å². The number of ether oxygens (including phenoxy) is 4. The molecule has 2 aromatic carbocycles. The van der Waals surface area contributed by atoms with Crippen LogP contribution in [-0.2, 0) is 19.1 Å². The molecule has 10 nitrogen and oxygen atoms in total. The molecule has 0 unspecified atom stereocenters. The van der Waals surface area contributed by atoms with Crippen molar-refractivity contribution in [2.75, 3.05) is 55.8 Å². The third kappa shape index (κ3) is 22.3. The summed E-state index contributed by atoms with van der Waals surface area (Å²) < 4.78 is 23.0. The SMILES string of the molecule is C.COC[C@]12CC[C@@](C)(O)C[C@@H]1CC[C@H]1[C@@H]3CC[C@H](C(=O)N(C)OC)[C@@]3(C)CC[C@@H]12.COC[C@]12CC[C@@](C)(O)C[C@@H]1CC[C@H]1[C@@H]3CC[C@H](C(=O)c4ccc(OC)cc4)[C@@]3(C)CC[C@@H]12.COc1ccc(Br)cc1.[B]B([B])B([B])B(B([B])[B])B(B(B(B([B])[B])B([B])[B])B(B([B])[B])B([B])[B])B(B(B([B])[B])B([B])[B])B(B([B])[B])B([B])[B]. The Bertz CT molecular complexity index is 3120. The second kappa shape index (κ2) is 42.9. The Morgan fingerprint density at radius 1 is 0.420 bits per heavy atom. The molecule has 0 heterocycles. The summed E-state index contributed by atoms with van der Waals surface area (Å²) in [4.78, 5) is 31.9. The molecular formula is C61H94B40BrNO9. The van der Waals surface area contributed by atoms with Gasteiger partial charge < -0.3 is 29.2 Å². The van der Waals surface area contributed by atoms with E-state index in [4.69, 9.17) is 186 Å². The monoisotopic (exact) mass is 1500 g/mol. The maximum absolute atomic E-state index is 13.6. The van der Waals surface area contributed by atoms with E-state index >= 15 is 0 Å². The molecule has 2 aromatic rings. The van der Waals surface area contributed by atoms with Gasteiger partial charge in [0.2, 0.25) is 5.91 Å². The van der Waals surface area contributed by atoms with Gasteiger partial charge in [-0.1, -0.05) is 37.2 Å². The van der Waals surface area contributed by atoms with Crippen molar-refractivity contribution in [1.29, 1.82) is 0 Å². The van der Waals surface area contributed by atoms with Crippen LogP contribution in [0.25, 0.3) is 0 Å². The van der Waals surface area contributed by atoms with Gasteiger partial charge in [-0.25, -0.2) is 5.06 Å². The summed E-state index contributed by atoms with van der Waals surface area (Å²) in [5.74, 6) is 7.47. The third-order valence-electron chi connectivity index (χ3n) is 29.8. The Balaban J connectivity index is 0.000000248. The quantitative estimate of drug-likeness (QED) is 0.0557. The van der Waals surface area contributed by atoms with Gasteiger partial charge in [-0.3, -0.25) is 14.4 Å². The van der Waals surface area contributed by atoms with Gasteiger partial charge in [-0.05, 0) is 247 Å². The molecule has 0 spiro atoms. The fraction of sp³-hybridized carbons (Fsp3) is 0.770. The molecule has 112 heavy (non-hydrogen) atoms. The molecule has 524 valence electrons. The smallest absolute Gasteiger partial charge is 0.249 e. The van der Waals surface area contributed by atoms with E-state index in [0.29, 0.717) is 53.1 Å². The van der Waals surface area contributed by atoms with Gasteiger partial charge in [0.15, 0.2) is 5.78 Å². The van der Waals surface area contributed by atoms with Gasteiger partial charge >= 0.3 is 0 Å². The highest BCUT2D eigenvalue weighted by Gasteiger charge is 2.66. The van der Waals surface area contributed by atoms with Crippen LogP contribution in [-0.4, -0.2) is 378 Å². The van der Waals surface area contributed by atoms with Crippen molar-refractivity contribution < 1.29 is 43.6 Å². The van der Waals surface area contributed by atoms with Gasteiger partial charge in [0.25, 0.3) is 0 Å². The fourth-order valence-electron chi connectivity index (χ4n) is 24.7. The number of hydrogen-bond acceptors (Lipinski definition) is 9. The first kappa shape index (κ1) is 101. The van der Waals surface area contributed by atoms with Crippen molar-refractivity contribution in [3.8, 4) is 11.5 Å². The minimum atomic E-state index is -1.25. The zero-order chi connectivity index (χ0) is 83.1. The van der Waals surface area contributed by atoms with Gasteiger partial charge in [0.1, 0.15) is 11.5 Å². The summed E-state index contributed by atoms with van der Waals surface area (Å²) in [6.07, 6.45) is -2.02. The van der Waals surface area contributed by atoms with Gasteiger partial charge in [-0.2, -0.15) is 0 Å². The minimum absolute atomic E-state index is 0. The largest absolute Gasteiger partial charge is 0.497 e. The van der Waals surface area contributed by atoms with E-state index in [1.165, 1.54) is 50.0 Å². The van der Waals surface area contributed by atoms with E-state index in [-0.39, 0.29) is 46.8 Å². The molecule has 1 amide bonds. The number of halogens is 1. The number of benzene rings is 2. The van der Waals surface area contributed by atoms with Gasteiger partial charge in [0, 0.05) is 327 Å². The summed E-state index contributed by atoms with van der Waals surface area (Å²) in [5.41, 5.74) is 0.394. The maximum Gasteiger partial charge on any atom is 0.249 e. The lowest BCUT2D eigenvalue weighted by molar-refractivity contribution is -0.188. The van der Waals surface area contributed by atoms with Crippen molar-refractivity contribution in [3.05, 3.63) is 58.6 Å². The van der Waals surface area contributed by atoms with Crippen molar-refractivity contribution in [3.63, 3.8) is 0 Å². The van der Waals surface area contributed by atoms with Gasteiger partial charge in [-0.15, -0.1) is 0 Å². The maximum atomic E-state index is 13.6. The number of hydrogen-bond donors (Lipinski definition) is 2. The predicted molar refractivity (Wildman–Crippen MR) is 519 cm³/mol. The molecule has 8 fully saturated rings. The van der Waals surface area contributed by atoms with Crippen LogP contribution in [0.15, 0.2) is 53.0 Å². The average molecular weight is 1500 g/mol. The van der Waals surface area contributed by atoms with Crippen LogP contribution in [0.4, 0.5) is 0 Å². The standard InChI is InChI=1S/C29H42O4.C24H41NO4.C7H7BrO.CH4.B40/c1-27(31)15-16-29(18-32-3)20(17-27)7-10-22-23-11-12-25(28(23,2)14-13-24(22)29)26(30)19-5-8-21(33-4)9-6-19;1-22(27)12-13-24(15-28-4)16(14-22)6-7-17-18-8-9-20(21(26)25(3)29-5)23(18,2)11-10-19(17)24;1-9-7-4-2-6(8)3-5-7;;1-22(2)32(21)37(31(19)20)40(38(33(23(3)4)24(5)6)34(25(7)8)26(9)10)39(35(27(11)12)28(13)14)36(29(15)16)30(17)18/h5-6,8-9,20,22-25,31H,7,10-18H2,1-4H3;16-20,27H,6-15H2,1-5H3;2-5H,1H3;1H4;/t20-,22-,23-,24-,25+,27+,28-,29+;16-,17-,18-,19-,20+,22+,23-,24+;;;/m00.../s1. The van der Waals surface area contributed by atoms with Crippen LogP contribution in [0.2, 0.25) is 0 Å². The van der Waals surface area contributed by atoms with Crippen LogP contribution in [0.1, 0.15) is 161 Å². The molecule has 0 saturated heterocycles. The highest BCUT2D eigenvalue weighted by Crippen LogP contribution is 2.70. The molecular weight excluding hydrogens is 1400 g/mol. The van der Waals surface area contributed by atoms with E-state index in [1.54, 1.807) is 28.4 Å². The summed E-state index contributed by atoms with van der Waals surface area (Å²) >= 11 is 3.32. The summed E-state index contributed by atoms with van der Waals surface area (Å²) in [7, 11) is 141. The summed E-state index contributed by atoms with van der Waals surface area (Å²) in [5, 5.41) is 23.0. The van der Waals surface area contributed by atoms with E-state index in [2.05, 4.69) is 29.8 Å². The Kier molecular flexibility index (Phi) is 38.6. The lowest BCUT2D eigenvalue weighted by Crippen LogP contribution is -2.92. The number of methoxy groups -OCH3 is 4. The Hall–Kier alpha value is 0.0574. The number of carbonyl (C=O) groups is 2. The number of aliphatic hydroxyl groups is 2. The number of fused-ring (bicyclic) bond motifs is 10. The Labute approximate surface area is 723 Å². The Morgan fingerprint density at radius 2 is 0.750 bits per heavy atom. The molecule has 2 N–H and O–H groups in total. The van der Waals surface area contributed by atoms with E-state index in [1.807, 2.05) is 76.6 Å². The van der Waals surface area contributed by atoms with E-state index < -0.39 is 133 Å². The zero-order valence-corrected chi connectivity index (χ0v) is 69.8. The normalized spacial score (nSPS) is 30.0. The highest BCUT2D eigenvalue weighted by atomic mass is 79.9. The number of rotatable bonds is 28. The van der Waals surface area contributed by atoms with Crippen molar-refractivity contribution in [2.45, 2.75) is 162 Å². The summed E-state index contributed by atoms with van der Waals surface area (Å²) in [6.45, 7) is 10.5. The van der Waals surface area contributed by atoms with Crippen LogP contribution in [0.5, 0.6) is 11.5 Å². The molecule has 8 saturated carbocycles. The van der Waals surface area contributed by atoms with Crippen LogP contribution in [0, 0.1) is 80.8 Å². The number of amides is 1. The number of hydroxylamine groups is 2. The van der Waals surface area contributed by atoms with Crippen LogP contribution in [0.3, 0.4) is 0 Å². The molecule has 0 aromatic heterocycles. The van der Waals surface area contributed by atoms with Crippen molar-refractivity contribution in [1.82, 2.24) is 5.06 Å². The highest BCUT2D eigenvalue weighted by molar-refractivity contribution is 9.10. The molecule has 0 aliphatic heterocycles. The second-order valence-corrected chi connectivity index (χ2v) is 37.0. The van der Waals surface area contributed by atoms with Crippen molar-refractivity contribution >= 4 is 311 Å². The number of carbonyl (C=O) groups excluding carboxylic acids is 2. The van der Waals surface area contributed by atoms with Crippen LogP contribution < -0.4 is 9.47 Å². The molecule has 42 radical (unpaired) electrons. The number of ketones is 1. The van der Waals surface area contributed by atoms with Crippen LogP contribution >= 0.6 is 15.9 Å². The zero-order valence-electron chi connectivity index (χ0n) is 68.2. The fourth-order valence-corrected chi connectivity index (χ4v) is 24.9. The molecule has 51 heteroatoms. The first-order chi connectivity index (χ1) is 51.9. The predicted octanol–water partition coefficient (Wildman–Crippen LogP) is -2.18. The first-order valence-corrected chi connectivity index (χ1v) is 41.3. The minimum Gasteiger partial charge on any atom is -0.497 e. The third-order valence-corrected chi connectivity index (χ3v) is 30.3.